The van der Waals surface area contributed by atoms with E-state index in [0.717, 1.165) is 51.1 Å². The van der Waals surface area contributed by atoms with E-state index in [-0.39, 0.29) is 5.82 Å². The molecule has 1 heterocycles. The summed E-state index contributed by atoms with van der Waals surface area (Å²) in [6, 6.07) is 5.37. The molecule has 4 heteroatoms. The predicted molar refractivity (Wildman–Crippen MR) is 75.2 cm³/mol. The van der Waals surface area contributed by atoms with E-state index in [1.165, 1.54) is 7.11 Å². The molecule has 1 aromatic rings. The number of hydrogen-bond acceptors (Lipinski definition) is 3. The quantitative estimate of drug-likeness (QED) is 0.811. The van der Waals surface area contributed by atoms with Crippen LogP contribution in [0.3, 0.4) is 0 Å². The van der Waals surface area contributed by atoms with E-state index in [1.807, 2.05) is 12.1 Å². The van der Waals surface area contributed by atoms with Gasteiger partial charge in [-0.1, -0.05) is 12.1 Å². The van der Waals surface area contributed by atoms with Crippen LogP contribution in [0.5, 0.6) is 5.75 Å². The smallest absolute Gasteiger partial charge is 0.168 e. The van der Waals surface area contributed by atoms with Gasteiger partial charge in [-0.3, -0.25) is 0 Å². The fraction of sp³-hybridized carbons (Fsp3) is 0.600. The summed E-state index contributed by atoms with van der Waals surface area (Å²) in [5.41, 5.74) is 0.758. The highest BCUT2D eigenvalue weighted by Crippen LogP contribution is 2.21. The SMILES string of the molecule is COc1cccc(CCCN2CCN(C)CC2)c1F. The lowest BCUT2D eigenvalue weighted by Crippen LogP contribution is -2.44. The van der Waals surface area contributed by atoms with Crippen molar-refractivity contribution in [3.63, 3.8) is 0 Å². The Kier molecular flexibility index (Phi) is 5.16. The van der Waals surface area contributed by atoms with Crippen molar-refractivity contribution in [3.8, 4) is 5.75 Å². The zero-order valence-electron chi connectivity index (χ0n) is 11.9. The summed E-state index contributed by atoms with van der Waals surface area (Å²) in [4.78, 5) is 4.80. The average molecular weight is 266 g/mol. The normalized spacial score (nSPS) is 17.6. The molecule has 1 aliphatic rings. The van der Waals surface area contributed by atoms with Crippen molar-refractivity contribution in [3.05, 3.63) is 29.6 Å². The molecule has 0 unspecified atom stereocenters. The third-order valence-corrected chi connectivity index (χ3v) is 3.78. The van der Waals surface area contributed by atoms with Gasteiger partial charge in [-0.25, -0.2) is 4.39 Å². The van der Waals surface area contributed by atoms with E-state index in [1.54, 1.807) is 6.07 Å². The first kappa shape index (κ1) is 14.3. The van der Waals surface area contributed by atoms with Crippen LogP contribution in [0.1, 0.15) is 12.0 Å². The van der Waals surface area contributed by atoms with Gasteiger partial charge in [-0.15, -0.1) is 0 Å². The number of benzene rings is 1. The maximum Gasteiger partial charge on any atom is 0.168 e. The van der Waals surface area contributed by atoms with Crippen LogP contribution in [0.2, 0.25) is 0 Å². The summed E-state index contributed by atoms with van der Waals surface area (Å²) in [6.45, 7) is 5.56. The molecule has 19 heavy (non-hydrogen) atoms. The van der Waals surface area contributed by atoms with Gasteiger partial charge in [0.05, 0.1) is 7.11 Å². The summed E-state index contributed by atoms with van der Waals surface area (Å²) in [6.07, 6.45) is 1.77. The number of rotatable bonds is 5. The number of piperazine rings is 1. The summed E-state index contributed by atoms with van der Waals surface area (Å²) >= 11 is 0. The van der Waals surface area contributed by atoms with Gasteiger partial charge in [0, 0.05) is 26.2 Å². The minimum absolute atomic E-state index is 0.205. The van der Waals surface area contributed by atoms with Crippen molar-refractivity contribution in [2.75, 3.05) is 46.9 Å². The van der Waals surface area contributed by atoms with E-state index >= 15 is 0 Å². The molecule has 1 fully saturated rings. The molecular weight excluding hydrogens is 243 g/mol. The molecule has 0 amide bonds. The van der Waals surface area contributed by atoms with Crippen molar-refractivity contribution in [2.45, 2.75) is 12.8 Å². The van der Waals surface area contributed by atoms with E-state index in [9.17, 15) is 4.39 Å². The first-order valence-electron chi connectivity index (χ1n) is 6.93. The molecule has 0 radical (unpaired) electrons. The fourth-order valence-electron chi connectivity index (χ4n) is 2.47. The fourth-order valence-corrected chi connectivity index (χ4v) is 2.47. The Bertz CT molecular complexity index is 403. The number of methoxy groups -OCH3 is 1. The number of nitrogens with zero attached hydrogens (tertiary/aromatic N) is 2. The van der Waals surface area contributed by atoms with E-state index in [0.29, 0.717) is 5.75 Å². The van der Waals surface area contributed by atoms with Crippen LogP contribution in [-0.2, 0) is 6.42 Å². The Morgan fingerprint density at radius 3 is 2.63 bits per heavy atom. The summed E-state index contributed by atoms with van der Waals surface area (Å²) in [7, 11) is 3.66. The van der Waals surface area contributed by atoms with Crippen LogP contribution in [0, 0.1) is 5.82 Å². The second kappa shape index (κ2) is 6.87. The van der Waals surface area contributed by atoms with Crippen LogP contribution in [0.15, 0.2) is 18.2 Å². The highest BCUT2D eigenvalue weighted by atomic mass is 19.1. The molecule has 0 bridgehead atoms. The summed E-state index contributed by atoms with van der Waals surface area (Å²) in [5, 5.41) is 0. The highest BCUT2D eigenvalue weighted by Gasteiger charge is 2.14. The first-order valence-corrected chi connectivity index (χ1v) is 6.93. The molecule has 0 N–H and O–H groups in total. The van der Waals surface area contributed by atoms with Crippen LogP contribution in [-0.4, -0.2) is 56.7 Å². The van der Waals surface area contributed by atoms with Crippen molar-refractivity contribution < 1.29 is 9.13 Å². The maximum absolute atomic E-state index is 13.9. The molecule has 0 aromatic heterocycles. The summed E-state index contributed by atoms with van der Waals surface area (Å²) < 4.78 is 18.9. The van der Waals surface area contributed by atoms with Gasteiger partial charge in [-0.2, -0.15) is 0 Å². The van der Waals surface area contributed by atoms with Gasteiger partial charge in [0.2, 0.25) is 0 Å². The molecule has 1 aromatic carbocycles. The Hall–Kier alpha value is -1.13. The highest BCUT2D eigenvalue weighted by molar-refractivity contribution is 5.31. The Balaban J connectivity index is 1.79. The molecule has 106 valence electrons. The molecule has 0 atom stereocenters. The van der Waals surface area contributed by atoms with Crippen LogP contribution in [0.4, 0.5) is 4.39 Å². The lowest BCUT2D eigenvalue weighted by atomic mass is 10.1. The van der Waals surface area contributed by atoms with E-state index in [2.05, 4.69) is 16.8 Å². The number of ether oxygens (including phenoxy) is 1. The molecular formula is C15H23FN2O. The van der Waals surface area contributed by atoms with Crippen LogP contribution >= 0.6 is 0 Å². The molecule has 1 aliphatic heterocycles. The van der Waals surface area contributed by atoms with E-state index < -0.39 is 0 Å². The van der Waals surface area contributed by atoms with Crippen molar-refractivity contribution in [1.29, 1.82) is 0 Å². The number of halogens is 1. The van der Waals surface area contributed by atoms with Gasteiger partial charge in [-0.05, 0) is 38.1 Å². The molecule has 1 saturated heterocycles. The Morgan fingerprint density at radius 1 is 1.21 bits per heavy atom. The molecule has 0 spiro atoms. The molecule has 2 rings (SSSR count). The Labute approximate surface area is 115 Å². The predicted octanol–water partition coefficient (Wildman–Crippen LogP) is 2.01. The van der Waals surface area contributed by atoms with Gasteiger partial charge in [0.25, 0.3) is 0 Å². The third kappa shape index (κ3) is 3.91. The first-order chi connectivity index (χ1) is 9.20. The second-order valence-electron chi connectivity index (χ2n) is 5.18. The molecule has 0 aliphatic carbocycles. The minimum atomic E-state index is -0.205. The maximum atomic E-state index is 13.9. The number of aryl methyl sites for hydroxylation is 1. The van der Waals surface area contributed by atoms with E-state index in [4.69, 9.17) is 4.74 Å². The third-order valence-electron chi connectivity index (χ3n) is 3.78. The minimum Gasteiger partial charge on any atom is -0.494 e. The molecule has 0 saturated carbocycles. The lowest BCUT2D eigenvalue weighted by Gasteiger charge is -2.32. The largest absolute Gasteiger partial charge is 0.494 e. The molecule has 3 nitrogen and oxygen atoms in total. The van der Waals surface area contributed by atoms with Gasteiger partial charge in [0.1, 0.15) is 0 Å². The standard InChI is InChI=1S/C15H23FN2O/c1-17-9-11-18(12-10-17)8-4-6-13-5-3-7-14(19-2)15(13)16/h3,5,7H,4,6,8-12H2,1-2H3. The second-order valence-corrected chi connectivity index (χ2v) is 5.18. The lowest BCUT2D eigenvalue weighted by molar-refractivity contribution is 0.153. The zero-order valence-corrected chi connectivity index (χ0v) is 11.9. The van der Waals surface area contributed by atoms with Crippen molar-refractivity contribution >= 4 is 0 Å². The Morgan fingerprint density at radius 2 is 1.95 bits per heavy atom. The van der Waals surface area contributed by atoms with Gasteiger partial charge < -0.3 is 14.5 Å². The van der Waals surface area contributed by atoms with Crippen molar-refractivity contribution in [1.82, 2.24) is 9.80 Å². The van der Waals surface area contributed by atoms with Gasteiger partial charge in [0.15, 0.2) is 11.6 Å². The number of likely N-dealkylation sites (N-methyl/N-ethyl adjacent to an activating group) is 1. The van der Waals surface area contributed by atoms with Crippen molar-refractivity contribution in [2.24, 2.45) is 0 Å². The zero-order chi connectivity index (χ0) is 13.7. The number of hydrogen-bond donors (Lipinski definition) is 0. The van der Waals surface area contributed by atoms with Crippen LogP contribution in [0.25, 0.3) is 0 Å². The topological polar surface area (TPSA) is 15.7 Å². The average Bonchev–Trinajstić information content (AvgIpc) is 2.43. The summed E-state index contributed by atoms with van der Waals surface area (Å²) in [5.74, 6) is 0.139. The van der Waals surface area contributed by atoms with Crippen LogP contribution < -0.4 is 4.74 Å². The monoisotopic (exact) mass is 266 g/mol. The van der Waals surface area contributed by atoms with Gasteiger partial charge >= 0.3 is 0 Å².